The Hall–Kier alpha value is -1.64. The van der Waals surface area contributed by atoms with E-state index in [4.69, 9.17) is 9.47 Å². The minimum Gasteiger partial charge on any atom is -0.384 e. The maximum Gasteiger partial charge on any atom is 0.0547 e. The minimum atomic E-state index is -0.0355. The summed E-state index contributed by atoms with van der Waals surface area (Å²) >= 11 is 0. The molecule has 21 heavy (non-hydrogen) atoms. The molecule has 2 aromatic carbocycles. The van der Waals surface area contributed by atoms with Crippen molar-refractivity contribution in [3.63, 3.8) is 0 Å². The van der Waals surface area contributed by atoms with Crippen molar-refractivity contribution in [2.45, 2.75) is 12.8 Å². The van der Waals surface area contributed by atoms with Crippen molar-refractivity contribution in [1.82, 2.24) is 0 Å². The van der Waals surface area contributed by atoms with Gasteiger partial charge in [0.1, 0.15) is 0 Å². The topological polar surface area (TPSA) is 18.5 Å². The summed E-state index contributed by atoms with van der Waals surface area (Å²) in [6.07, 6.45) is 1.90. The Morgan fingerprint density at radius 2 is 1.05 bits per heavy atom. The second-order valence-corrected chi connectivity index (χ2v) is 5.69. The highest BCUT2D eigenvalue weighted by molar-refractivity contribution is 5.21. The lowest BCUT2D eigenvalue weighted by Gasteiger charge is -2.33. The second kappa shape index (κ2) is 7.96. The number of rotatable bonds is 8. The van der Waals surface area contributed by atoms with Gasteiger partial charge in [0.05, 0.1) is 13.2 Å². The molecule has 112 valence electrons. The first kappa shape index (κ1) is 15.7. The zero-order chi connectivity index (χ0) is 15.0. The van der Waals surface area contributed by atoms with Gasteiger partial charge in [-0.05, 0) is 24.0 Å². The molecule has 0 bridgehead atoms. The van der Waals surface area contributed by atoms with Crippen LogP contribution >= 0.6 is 0 Å². The summed E-state index contributed by atoms with van der Waals surface area (Å²) in [6.45, 7) is 1.37. The van der Waals surface area contributed by atoms with E-state index in [1.165, 1.54) is 11.1 Å². The van der Waals surface area contributed by atoms with Crippen LogP contribution in [0.5, 0.6) is 0 Å². The van der Waals surface area contributed by atoms with Crippen molar-refractivity contribution >= 4 is 0 Å². The van der Waals surface area contributed by atoms with E-state index in [1.54, 1.807) is 14.2 Å². The predicted octanol–water partition coefficient (Wildman–Crippen LogP) is 3.75. The largest absolute Gasteiger partial charge is 0.384 e. The maximum atomic E-state index is 5.52. The van der Waals surface area contributed by atoms with E-state index in [0.29, 0.717) is 13.2 Å². The number of hydrogen-bond acceptors (Lipinski definition) is 2. The lowest BCUT2D eigenvalue weighted by molar-refractivity contribution is 0.0102. The molecule has 0 saturated carbocycles. The summed E-state index contributed by atoms with van der Waals surface area (Å²) in [5.41, 5.74) is 2.61. The standard InChI is InChI=1S/C19H24O2/c1-20-15-19(16-21-2,13-17-9-5-3-6-10-17)14-18-11-7-4-8-12-18/h3-12H,13-16H2,1-2H3. The first-order valence-electron chi connectivity index (χ1n) is 7.34. The third kappa shape index (κ3) is 4.69. The zero-order valence-corrected chi connectivity index (χ0v) is 12.9. The Balaban J connectivity index is 2.23. The molecule has 0 aliphatic heterocycles. The molecule has 0 heterocycles. The average Bonchev–Trinajstić information content (AvgIpc) is 2.50. The van der Waals surface area contributed by atoms with E-state index in [0.717, 1.165) is 12.8 Å². The number of hydrogen-bond donors (Lipinski definition) is 0. The Morgan fingerprint density at radius 3 is 1.38 bits per heavy atom. The van der Waals surface area contributed by atoms with Crippen LogP contribution in [0.25, 0.3) is 0 Å². The Bertz CT molecular complexity index is 458. The molecule has 0 unspecified atom stereocenters. The molecule has 2 aromatic rings. The highest BCUT2D eigenvalue weighted by atomic mass is 16.5. The van der Waals surface area contributed by atoms with Gasteiger partial charge in [0.25, 0.3) is 0 Å². The van der Waals surface area contributed by atoms with Gasteiger partial charge in [-0.3, -0.25) is 0 Å². The van der Waals surface area contributed by atoms with Gasteiger partial charge in [-0.1, -0.05) is 60.7 Å². The molecule has 0 atom stereocenters. The average molecular weight is 284 g/mol. The summed E-state index contributed by atoms with van der Waals surface area (Å²) in [7, 11) is 3.53. The summed E-state index contributed by atoms with van der Waals surface area (Å²) in [6, 6.07) is 21.1. The van der Waals surface area contributed by atoms with E-state index in [-0.39, 0.29) is 5.41 Å². The van der Waals surface area contributed by atoms with Crippen molar-refractivity contribution in [3.8, 4) is 0 Å². The van der Waals surface area contributed by atoms with Crippen LogP contribution in [-0.4, -0.2) is 27.4 Å². The van der Waals surface area contributed by atoms with Gasteiger partial charge in [0, 0.05) is 19.6 Å². The molecule has 0 aliphatic carbocycles. The van der Waals surface area contributed by atoms with Gasteiger partial charge in [-0.25, -0.2) is 0 Å². The number of ether oxygens (including phenoxy) is 2. The molecule has 2 rings (SSSR count). The van der Waals surface area contributed by atoms with Crippen molar-refractivity contribution in [1.29, 1.82) is 0 Å². The van der Waals surface area contributed by atoms with Gasteiger partial charge in [0.2, 0.25) is 0 Å². The van der Waals surface area contributed by atoms with Gasteiger partial charge in [-0.2, -0.15) is 0 Å². The van der Waals surface area contributed by atoms with Crippen LogP contribution in [0.1, 0.15) is 11.1 Å². The molecular weight excluding hydrogens is 260 g/mol. The zero-order valence-electron chi connectivity index (χ0n) is 12.9. The normalized spacial score (nSPS) is 11.5. The molecule has 2 nitrogen and oxygen atoms in total. The van der Waals surface area contributed by atoms with Crippen LogP contribution in [0.3, 0.4) is 0 Å². The Morgan fingerprint density at radius 1 is 0.667 bits per heavy atom. The maximum absolute atomic E-state index is 5.52. The van der Waals surface area contributed by atoms with Crippen LogP contribution in [0.15, 0.2) is 60.7 Å². The van der Waals surface area contributed by atoms with Crippen LogP contribution in [0.4, 0.5) is 0 Å². The molecule has 2 heteroatoms. The molecule has 0 saturated heterocycles. The fourth-order valence-electron chi connectivity index (χ4n) is 2.98. The monoisotopic (exact) mass is 284 g/mol. The van der Waals surface area contributed by atoms with E-state index < -0.39 is 0 Å². The molecular formula is C19H24O2. The van der Waals surface area contributed by atoms with Crippen molar-refractivity contribution in [2.24, 2.45) is 5.41 Å². The van der Waals surface area contributed by atoms with E-state index in [1.807, 2.05) is 0 Å². The molecule has 0 spiro atoms. The van der Waals surface area contributed by atoms with Crippen molar-refractivity contribution in [3.05, 3.63) is 71.8 Å². The lowest BCUT2D eigenvalue weighted by atomic mass is 9.77. The van der Waals surface area contributed by atoms with Crippen molar-refractivity contribution in [2.75, 3.05) is 27.4 Å². The van der Waals surface area contributed by atoms with E-state index >= 15 is 0 Å². The summed E-state index contributed by atoms with van der Waals surface area (Å²) in [4.78, 5) is 0. The fraction of sp³-hybridized carbons (Fsp3) is 0.368. The van der Waals surface area contributed by atoms with Gasteiger partial charge < -0.3 is 9.47 Å². The van der Waals surface area contributed by atoms with Crippen LogP contribution in [0, 0.1) is 5.41 Å². The molecule has 0 aromatic heterocycles. The Kier molecular flexibility index (Phi) is 5.97. The fourth-order valence-corrected chi connectivity index (χ4v) is 2.98. The molecule has 0 N–H and O–H groups in total. The summed E-state index contributed by atoms with van der Waals surface area (Å²) < 4.78 is 11.0. The first-order valence-corrected chi connectivity index (χ1v) is 7.34. The van der Waals surface area contributed by atoms with Crippen molar-refractivity contribution < 1.29 is 9.47 Å². The third-order valence-electron chi connectivity index (χ3n) is 3.74. The predicted molar refractivity (Wildman–Crippen MR) is 86.5 cm³/mol. The minimum absolute atomic E-state index is 0.0355. The van der Waals surface area contributed by atoms with Crippen LogP contribution < -0.4 is 0 Å². The van der Waals surface area contributed by atoms with E-state index in [2.05, 4.69) is 60.7 Å². The second-order valence-electron chi connectivity index (χ2n) is 5.69. The summed E-state index contributed by atoms with van der Waals surface area (Å²) in [5, 5.41) is 0. The highest BCUT2D eigenvalue weighted by Gasteiger charge is 2.31. The van der Waals surface area contributed by atoms with Crippen LogP contribution in [-0.2, 0) is 22.3 Å². The summed E-state index contributed by atoms with van der Waals surface area (Å²) in [5.74, 6) is 0. The number of methoxy groups -OCH3 is 2. The SMILES string of the molecule is COCC(COC)(Cc1ccccc1)Cc1ccccc1. The molecule has 0 amide bonds. The smallest absolute Gasteiger partial charge is 0.0547 e. The quantitative estimate of drug-likeness (QED) is 0.735. The molecule has 0 aliphatic rings. The molecule has 0 radical (unpaired) electrons. The van der Waals surface area contributed by atoms with Gasteiger partial charge in [-0.15, -0.1) is 0 Å². The van der Waals surface area contributed by atoms with E-state index in [9.17, 15) is 0 Å². The Labute approximate surface area is 127 Å². The lowest BCUT2D eigenvalue weighted by Crippen LogP contribution is -2.36. The van der Waals surface area contributed by atoms with Gasteiger partial charge >= 0.3 is 0 Å². The highest BCUT2D eigenvalue weighted by Crippen LogP contribution is 2.29. The number of benzene rings is 2. The first-order chi connectivity index (χ1) is 10.3. The third-order valence-corrected chi connectivity index (χ3v) is 3.74. The van der Waals surface area contributed by atoms with Crippen LogP contribution in [0.2, 0.25) is 0 Å². The molecule has 0 fully saturated rings. The van der Waals surface area contributed by atoms with Gasteiger partial charge in [0.15, 0.2) is 0 Å².